The lowest BCUT2D eigenvalue weighted by atomic mass is 9.83. The summed E-state index contributed by atoms with van der Waals surface area (Å²) in [5.41, 5.74) is 3.05. The van der Waals surface area contributed by atoms with Gasteiger partial charge in [-0.3, -0.25) is 4.98 Å². The first-order valence-electron chi connectivity index (χ1n) is 7.02. The lowest BCUT2D eigenvalue weighted by Gasteiger charge is -2.36. The highest BCUT2D eigenvalue weighted by Crippen LogP contribution is 2.41. The minimum Gasteiger partial charge on any atom is -0.467 e. The smallest absolute Gasteiger partial charge is 0.179 e. The van der Waals surface area contributed by atoms with Crippen LogP contribution in [0.5, 0.6) is 0 Å². The molecule has 1 aliphatic heterocycles. The van der Waals surface area contributed by atoms with Crippen molar-refractivity contribution in [3.05, 3.63) is 53.1 Å². The molecule has 0 amide bonds. The number of hydrogen-bond donors (Lipinski definition) is 0. The molecule has 0 saturated heterocycles. The van der Waals surface area contributed by atoms with E-state index in [0.717, 1.165) is 10.6 Å². The number of anilines is 1. The van der Waals surface area contributed by atoms with Crippen molar-refractivity contribution in [3.8, 4) is 0 Å². The second-order valence-corrected chi connectivity index (χ2v) is 6.19. The largest absolute Gasteiger partial charge is 0.467 e. The molecule has 0 N–H and O–H groups in total. The predicted molar refractivity (Wildman–Crippen MR) is 81.2 cm³/mol. The molecular weight excluding hydrogens is 268 g/mol. The molecule has 1 aromatic heterocycles. The summed E-state index contributed by atoms with van der Waals surface area (Å²) in [4.78, 5) is 7.53. The van der Waals surface area contributed by atoms with E-state index >= 15 is 0 Å². The summed E-state index contributed by atoms with van der Waals surface area (Å²) >= 11 is 1.63. The summed E-state index contributed by atoms with van der Waals surface area (Å²) in [6, 6.07) is 10.5. The van der Waals surface area contributed by atoms with Crippen LogP contribution in [0.2, 0.25) is 0 Å². The lowest BCUT2D eigenvalue weighted by molar-refractivity contribution is 0.0791. The van der Waals surface area contributed by atoms with Gasteiger partial charge in [0.05, 0.1) is 16.6 Å². The number of rotatable bonds is 3. The molecule has 0 bridgehead atoms. The Morgan fingerprint density at radius 3 is 2.70 bits per heavy atom. The van der Waals surface area contributed by atoms with Crippen molar-refractivity contribution in [1.29, 1.82) is 0 Å². The van der Waals surface area contributed by atoms with Crippen LogP contribution in [0.25, 0.3) is 5.76 Å². The quantitative estimate of drug-likeness (QED) is 0.848. The van der Waals surface area contributed by atoms with E-state index in [2.05, 4.69) is 40.3 Å². The molecule has 1 fully saturated rings. The van der Waals surface area contributed by atoms with Gasteiger partial charge in [-0.2, -0.15) is 0 Å². The van der Waals surface area contributed by atoms with Crippen LogP contribution in [0, 0.1) is 5.92 Å². The lowest BCUT2D eigenvalue weighted by Crippen LogP contribution is -2.38. The number of para-hydroxylation sites is 1. The van der Waals surface area contributed by atoms with E-state index in [1.807, 2.05) is 17.8 Å². The highest BCUT2D eigenvalue weighted by Gasteiger charge is 2.37. The molecule has 2 aromatic rings. The monoisotopic (exact) mass is 284 g/mol. The first kappa shape index (κ1) is 12.0. The molecule has 4 heteroatoms. The molecule has 0 spiro atoms. The van der Waals surface area contributed by atoms with Gasteiger partial charge in [0, 0.05) is 17.8 Å². The zero-order valence-electron chi connectivity index (χ0n) is 11.1. The average molecular weight is 284 g/mol. The second kappa shape index (κ2) is 4.94. The van der Waals surface area contributed by atoms with E-state index in [-0.39, 0.29) is 6.23 Å². The topological polar surface area (TPSA) is 25.4 Å². The highest BCUT2D eigenvalue weighted by atomic mass is 32.1. The van der Waals surface area contributed by atoms with Gasteiger partial charge >= 0.3 is 0 Å². The summed E-state index contributed by atoms with van der Waals surface area (Å²) < 4.78 is 6.23. The van der Waals surface area contributed by atoms with Gasteiger partial charge in [-0.05, 0) is 25.0 Å². The SMILES string of the molecule is C1=C(c2cncs2)OC(C2CCC2)N1c1ccccc1. The van der Waals surface area contributed by atoms with Crippen LogP contribution >= 0.6 is 11.3 Å². The molecule has 1 aliphatic carbocycles. The zero-order valence-corrected chi connectivity index (χ0v) is 11.9. The summed E-state index contributed by atoms with van der Waals surface area (Å²) in [6.45, 7) is 0. The van der Waals surface area contributed by atoms with E-state index in [9.17, 15) is 0 Å². The van der Waals surface area contributed by atoms with E-state index in [1.54, 1.807) is 11.3 Å². The molecule has 2 heterocycles. The Morgan fingerprint density at radius 2 is 2.05 bits per heavy atom. The Labute approximate surface area is 122 Å². The third kappa shape index (κ3) is 2.00. The molecule has 1 saturated carbocycles. The minimum atomic E-state index is 0.142. The highest BCUT2D eigenvalue weighted by molar-refractivity contribution is 7.10. The Kier molecular flexibility index (Phi) is 2.96. The molecule has 20 heavy (non-hydrogen) atoms. The molecule has 4 rings (SSSR count). The first-order chi connectivity index (χ1) is 9.92. The number of aromatic nitrogens is 1. The van der Waals surface area contributed by atoms with Gasteiger partial charge in [0.2, 0.25) is 0 Å². The molecule has 0 radical (unpaired) electrons. The molecule has 2 aliphatic rings. The maximum absolute atomic E-state index is 6.23. The maximum atomic E-state index is 6.23. The van der Waals surface area contributed by atoms with E-state index in [1.165, 1.54) is 24.9 Å². The van der Waals surface area contributed by atoms with Gasteiger partial charge in [0.1, 0.15) is 0 Å². The van der Waals surface area contributed by atoms with Crippen LogP contribution in [0.3, 0.4) is 0 Å². The fraction of sp³-hybridized carbons (Fsp3) is 0.312. The van der Waals surface area contributed by atoms with Crippen LogP contribution in [-0.2, 0) is 4.74 Å². The van der Waals surface area contributed by atoms with Gasteiger partial charge in [-0.25, -0.2) is 0 Å². The van der Waals surface area contributed by atoms with Crippen LogP contribution in [-0.4, -0.2) is 11.2 Å². The van der Waals surface area contributed by atoms with Crippen molar-refractivity contribution in [2.45, 2.75) is 25.5 Å². The number of thiazole rings is 1. The van der Waals surface area contributed by atoms with Crippen LogP contribution in [0.15, 0.2) is 48.2 Å². The van der Waals surface area contributed by atoms with Gasteiger partial charge in [-0.15, -0.1) is 11.3 Å². The summed E-state index contributed by atoms with van der Waals surface area (Å²) in [6.07, 6.45) is 8.00. The minimum absolute atomic E-state index is 0.142. The molecular formula is C16H16N2OS. The van der Waals surface area contributed by atoms with Gasteiger partial charge < -0.3 is 9.64 Å². The Balaban J connectivity index is 1.68. The predicted octanol–water partition coefficient (Wildman–Crippen LogP) is 4.10. The molecule has 3 nitrogen and oxygen atoms in total. The summed E-state index contributed by atoms with van der Waals surface area (Å²) in [5.74, 6) is 1.59. The van der Waals surface area contributed by atoms with Gasteiger partial charge in [0.25, 0.3) is 0 Å². The fourth-order valence-electron chi connectivity index (χ4n) is 2.75. The third-order valence-corrected chi connectivity index (χ3v) is 4.85. The van der Waals surface area contributed by atoms with Crippen molar-refractivity contribution in [2.75, 3.05) is 4.90 Å². The zero-order chi connectivity index (χ0) is 13.4. The van der Waals surface area contributed by atoms with E-state index in [4.69, 9.17) is 4.74 Å². The number of benzene rings is 1. The molecule has 1 atom stereocenters. The third-order valence-electron chi connectivity index (χ3n) is 4.06. The standard InChI is InChI=1S/C16H16N2OS/c1-2-7-13(8-3-1)18-10-14(15-9-17-11-20-15)19-16(18)12-5-4-6-12/h1-3,7-12,16H,4-6H2. The van der Waals surface area contributed by atoms with Crippen molar-refractivity contribution in [1.82, 2.24) is 4.98 Å². The van der Waals surface area contributed by atoms with Gasteiger partial charge in [0.15, 0.2) is 12.0 Å². The normalized spacial score (nSPS) is 22.3. The van der Waals surface area contributed by atoms with Crippen molar-refractivity contribution < 1.29 is 4.74 Å². The molecule has 1 aromatic carbocycles. The summed E-state index contributed by atoms with van der Waals surface area (Å²) in [7, 11) is 0. The Morgan fingerprint density at radius 1 is 1.20 bits per heavy atom. The summed E-state index contributed by atoms with van der Waals surface area (Å²) in [5, 5.41) is 0. The first-order valence-corrected chi connectivity index (χ1v) is 7.90. The van der Waals surface area contributed by atoms with Crippen LogP contribution in [0.4, 0.5) is 5.69 Å². The number of nitrogens with zero attached hydrogens (tertiary/aromatic N) is 2. The second-order valence-electron chi connectivity index (χ2n) is 5.30. The molecule has 102 valence electrons. The Bertz CT molecular complexity index is 605. The van der Waals surface area contributed by atoms with Crippen LogP contribution < -0.4 is 4.90 Å². The van der Waals surface area contributed by atoms with Crippen molar-refractivity contribution in [3.63, 3.8) is 0 Å². The average Bonchev–Trinajstić information content (AvgIpc) is 3.06. The maximum Gasteiger partial charge on any atom is 0.179 e. The van der Waals surface area contributed by atoms with E-state index in [0.29, 0.717) is 5.92 Å². The van der Waals surface area contributed by atoms with Crippen molar-refractivity contribution >= 4 is 22.8 Å². The van der Waals surface area contributed by atoms with E-state index < -0.39 is 0 Å². The van der Waals surface area contributed by atoms with Gasteiger partial charge in [-0.1, -0.05) is 24.6 Å². The number of ether oxygens (including phenoxy) is 1. The fourth-order valence-corrected chi connectivity index (χ4v) is 3.32. The molecule has 1 unspecified atom stereocenters. The Hall–Kier alpha value is -1.81. The number of hydrogen-bond acceptors (Lipinski definition) is 4. The van der Waals surface area contributed by atoms with Crippen LogP contribution in [0.1, 0.15) is 24.1 Å². The van der Waals surface area contributed by atoms with Crippen molar-refractivity contribution in [2.24, 2.45) is 5.92 Å².